The quantitative estimate of drug-likeness (QED) is 0.833. The van der Waals surface area contributed by atoms with E-state index in [0.717, 1.165) is 5.56 Å². The molecule has 3 N–H and O–H groups in total. The third-order valence-corrected chi connectivity index (χ3v) is 2.59. The maximum atomic E-state index is 11.5. The summed E-state index contributed by atoms with van der Waals surface area (Å²) in [5.74, 6) is 0.548. The first-order valence-corrected chi connectivity index (χ1v) is 6.03. The average molecular weight is 250 g/mol. The van der Waals surface area contributed by atoms with Gasteiger partial charge in [-0.25, -0.2) is 0 Å². The summed E-state index contributed by atoms with van der Waals surface area (Å²) < 4.78 is 5.42. The zero-order chi connectivity index (χ0) is 13.8. The lowest BCUT2D eigenvalue weighted by molar-refractivity contribution is -0.123. The van der Waals surface area contributed by atoms with Crippen LogP contribution in [0.15, 0.2) is 18.2 Å². The molecule has 4 heteroatoms. The van der Waals surface area contributed by atoms with Gasteiger partial charge in [0.1, 0.15) is 5.75 Å². The van der Waals surface area contributed by atoms with Crippen molar-refractivity contribution in [2.24, 2.45) is 5.73 Å². The van der Waals surface area contributed by atoms with E-state index in [-0.39, 0.29) is 12.5 Å². The van der Waals surface area contributed by atoms with Crippen LogP contribution in [-0.4, -0.2) is 24.6 Å². The van der Waals surface area contributed by atoms with Crippen LogP contribution in [0.2, 0.25) is 0 Å². The lowest BCUT2D eigenvalue weighted by atomic mass is 10.1. The number of hydrogen-bond acceptors (Lipinski definition) is 3. The Labute approximate surface area is 109 Å². The van der Waals surface area contributed by atoms with Gasteiger partial charge in [-0.1, -0.05) is 6.07 Å². The topological polar surface area (TPSA) is 64.3 Å². The summed E-state index contributed by atoms with van der Waals surface area (Å²) in [6.07, 6.45) is 0. The number of nitrogens with one attached hydrogen (secondary N) is 1. The van der Waals surface area contributed by atoms with Crippen LogP contribution in [0.4, 0.5) is 0 Å². The molecule has 0 saturated carbocycles. The molecule has 0 spiro atoms. The van der Waals surface area contributed by atoms with E-state index in [1.807, 2.05) is 45.9 Å². The molecule has 0 heterocycles. The molecule has 1 rings (SSSR count). The Bertz CT molecular complexity index is 422. The molecule has 0 aliphatic rings. The summed E-state index contributed by atoms with van der Waals surface area (Å²) in [5, 5.41) is 2.73. The summed E-state index contributed by atoms with van der Waals surface area (Å²) in [4.78, 5) is 11.5. The van der Waals surface area contributed by atoms with Crippen molar-refractivity contribution in [1.29, 1.82) is 0 Å². The van der Waals surface area contributed by atoms with Crippen LogP contribution in [0, 0.1) is 13.8 Å². The molecule has 18 heavy (non-hydrogen) atoms. The van der Waals surface area contributed by atoms with Gasteiger partial charge in [0, 0.05) is 12.1 Å². The summed E-state index contributed by atoms with van der Waals surface area (Å²) in [6, 6.07) is 5.77. The second-order valence-corrected chi connectivity index (χ2v) is 5.30. The van der Waals surface area contributed by atoms with Gasteiger partial charge in [0.2, 0.25) is 0 Å². The van der Waals surface area contributed by atoms with E-state index >= 15 is 0 Å². The number of benzene rings is 1. The minimum absolute atomic E-state index is 0.0125. The van der Waals surface area contributed by atoms with E-state index in [4.69, 9.17) is 10.5 Å². The van der Waals surface area contributed by atoms with E-state index < -0.39 is 5.54 Å². The van der Waals surface area contributed by atoms with Gasteiger partial charge in [0.25, 0.3) is 5.91 Å². The van der Waals surface area contributed by atoms with Crippen molar-refractivity contribution in [2.75, 3.05) is 13.2 Å². The molecule has 0 bridgehead atoms. The van der Waals surface area contributed by atoms with Gasteiger partial charge in [-0.15, -0.1) is 0 Å². The smallest absolute Gasteiger partial charge is 0.258 e. The number of carbonyl (C=O) groups is 1. The fourth-order valence-electron chi connectivity index (χ4n) is 1.33. The molecule has 0 fully saturated rings. The monoisotopic (exact) mass is 250 g/mol. The van der Waals surface area contributed by atoms with Crippen LogP contribution in [0.1, 0.15) is 25.0 Å². The van der Waals surface area contributed by atoms with Crippen molar-refractivity contribution in [2.45, 2.75) is 33.2 Å². The maximum Gasteiger partial charge on any atom is 0.258 e. The molecular weight excluding hydrogens is 228 g/mol. The minimum Gasteiger partial charge on any atom is -0.484 e. The van der Waals surface area contributed by atoms with Crippen LogP contribution in [0.3, 0.4) is 0 Å². The largest absolute Gasteiger partial charge is 0.484 e. The van der Waals surface area contributed by atoms with Crippen LogP contribution < -0.4 is 15.8 Å². The Balaban J connectivity index is 2.40. The van der Waals surface area contributed by atoms with E-state index in [2.05, 4.69) is 5.32 Å². The number of nitrogens with two attached hydrogens (primary N) is 1. The van der Waals surface area contributed by atoms with Gasteiger partial charge in [0.05, 0.1) is 0 Å². The summed E-state index contributed by atoms with van der Waals surface area (Å²) >= 11 is 0. The molecule has 4 nitrogen and oxygen atoms in total. The van der Waals surface area contributed by atoms with Crippen molar-refractivity contribution in [1.82, 2.24) is 5.32 Å². The fraction of sp³-hybridized carbons (Fsp3) is 0.500. The zero-order valence-electron chi connectivity index (χ0n) is 11.5. The number of aryl methyl sites for hydroxylation is 2. The Hall–Kier alpha value is -1.55. The second-order valence-electron chi connectivity index (χ2n) is 5.30. The Morgan fingerprint density at radius 2 is 2.00 bits per heavy atom. The predicted octanol–water partition coefficient (Wildman–Crippen LogP) is 1.54. The Kier molecular flexibility index (Phi) is 4.73. The van der Waals surface area contributed by atoms with E-state index in [1.165, 1.54) is 5.56 Å². The van der Waals surface area contributed by atoms with Crippen LogP contribution in [-0.2, 0) is 4.79 Å². The predicted molar refractivity (Wildman–Crippen MR) is 72.7 cm³/mol. The third-order valence-electron chi connectivity index (χ3n) is 2.59. The molecule has 1 aromatic rings. The van der Waals surface area contributed by atoms with Crippen molar-refractivity contribution < 1.29 is 9.53 Å². The molecule has 0 aromatic heterocycles. The van der Waals surface area contributed by atoms with Crippen LogP contribution in [0.5, 0.6) is 5.75 Å². The summed E-state index contributed by atoms with van der Waals surface area (Å²) in [5.41, 5.74) is 7.72. The molecule has 1 amide bonds. The number of carbonyl (C=O) groups excluding carboxylic acids is 1. The van der Waals surface area contributed by atoms with Gasteiger partial charge in [-0.2, -0.15) is 0 Å². The van der Waals surface area contributed by atoms with E-state index in [1.54, 1.807) is 0 Å². The zero-order valence-corrected chi connectivity index (χ0v) is 11.5. The Morgan fingerprint density at radius 3 is 2.56 bits per heavy atom. The van der Waals surface area contributed by atoms with Gasteiger partial charge in [-0.3, -0.25) is 4.79 Å². The summed E-state index contributed by atoms with van der Waals surface area (Å²) in [6.45, 7) is 8.21. The third kappa shape index (κ3) is 5.19. The number of hydrogen-bond donors (Lipinski definition) is 2. The highest BCUT2D eigenvalue weighted by atomic mass is 16.5. The van der Waals surface area contributed by atoms with Gasteiger partial charge in [-0.05, 0) is 51.0 Å². The molecule has 0 aliphatic carbocycles. The standard InChI is InChI=1S/C14H22N2O2/c1-10-5-6-12(7-11(10)2)18-8-13(17)16-9-14(3,4)15/h5-7H,8-9,15H2,1-4H3,(H,16,17). The molecule has 0 aliphatic heterocycles. The second kappa shape index (κ2) is 5.87. The average Bonchev–Trinajstić information content (AvgIpc) is 2.27. The van der Waals surface area contributed by atoms with E-state index in [9.17, 15) is 4.79 Å². The molecule has 1 aromatic carbocycles. The number of amides is 1. The summed E-state index contributed by atoms with van der Waals surface area (Å²) in [7, 11) is 0. The van der Waals surface area contributed by atoms with Crippen molar-refractivity contribution in [3.05, 3.63) is 29.3 Å². The highest BCUT2D eigenvalue weighted by Gasteiger charge is 2.12. The number of rotatable bonds is 5. The molecule has 0 atom stereocenters. The SMILES string of the molecule is Cc1ccc(OCC(=O)NCC(C)(C)N)cc1C. The normalized spacial score (nSPS) is 11.2. The van der Waals surface area contributed by atoms with Crippen LogP contribution in [0.25, 0.3) is 0 Å². The molecule has 100 valence electrons. The van der Waals surface area contributed by atoms with Gasteiger partial charge in [0.15, 0.2) is 6.61 Å². The molecule has 0 unspecified atom stereocenters. The van der Waals surface area contributed by atoms with Crippen LogP contribution >= 0.6 is 0 Å². The fourth-order valence-corrected chi connectivity index (χ4v) is 1.33. The highest BCUT2D eigenvalue weighted by Crippen LogP contribution is 2.16. The first-order valence-electron chi connectivity index (χ1n) is 6.03. The van der Waals surface area contributed by atoms with Crippen molar-refractivity contribution in [3.8, 4) is 5.75 Å². The molecular formula is C14H22N2O2. The Morgan fingerprint density at radius 1 is 1.33 bits per heavy atom. The highest BCUT2D eigenvalue weighted by molar-refractivity contribution is 5.77. The van der Waals surface area contributed by atoms with Gasteiger partial charge >= 0.3 is 0 Å². The lowest BCUT2D eigenvalue weighted by Crippen LogP contribution is -2.46. The van der Waals surface area contributed by atoms with Crippen molar-refractivity contribution >= 4 is 5.91 Å². The van der Waals surface area contributed by atoms with E-state index in [0.29, 0.717) is 12.3 Å². The first kappa shape index (κ1) is 14.5. The maximum absolute atomic E-state index is 11.5. The molecule has 0 saturated heterocycles. The number of ether oxygens (including phenoxy) is 1. The molecule has 0 radical (unpaired) electrons. The minimum atomic E-state index is -0.407. The first-order chi connectivity index (χ1) is 8.28. The van der Waals surface area contributed by atoms with Gasteiger partial charge < -0.3 is 15.8 Å². The lowest BCUT2D eigenvalue weighted by Gasteiger charge is -2.18. The van der Waals surface area contributed by atoms with Crippen molar-refractivity contribution in [3.63, 3.8) is 0 Å².